The molecule has 0 fully saturated rings. The van der Waals surface area contributed by atoms with Crippen molar-refractivity contribution in [2.75, 3.05) is 5.73 Å². The van der Waals surface area contributed by atoms with Crippen LogP contribution >= 0.6 is 15.9 Å². The summed E-state index contributed by atoms with van der Waals surface area (Å²) in [5, 5.41) is 0. The van der Waals surface area contributed by atoms with Crippen LogP contribution in [0.1, 0.15) is 0 Å². The van der Waals surface area contributed by atoms with Gasteiger partial charge in [-0.05, 0) is 46.3 Å². The van der Waals surface area contributed by atoms with Gasteiger partial charge in [0.2, 0.25) is 0 Å². The summed E-state index contributed by atoms with van der Waals surface area (Å²) < 4.78 is 19.0. The molecule has 0 unspecified atom stereocenters. The Morgan fingerprint density at radius 1 is 1.06 bits per heavy atom. The minimum Gasteiger partial charge on any atom is -0.454 e. The standard InChI is InChI=1S/C12H9BrFNO/c13-9-7-8(14)5-6-11(9)16-12-4-2-1-3-10(12)15/h1-7H,15H2. The monoisotopic (exact) mass is 281 g/mol. The van der Waals surface area contributed by atoms with E-state index in [1.165, 1.54) is 12.1 Å². The molecule has 2 aromatic rings. The van der Waals surface area contributed by atoms with Gasteiger partial charge in [0, 0.05) is 0 Å². The zero-order valence-corrected chi connectivity index (χ0v) is 9.87. The molecule has 0 heterocycles. The molecule has 0 aliphatic rings. The molecule has 82 valence electrons. The molecule has 0 aliphatic heterocycles. The van der Waals surface area contributed by atoms with Crippen molar-refractivity contribution in [3.8, 4) is 11.5 Å². The van der Waals surface area contributed by atoms with E-state index in [4.69, 9.17) is 10.5 Å². The van der Waals surface area contributed by atoms with E-state index < -0.39 is 0 Å². The van der Waals surface area contributed by atoms with E-state index in [1.54, 1.807) is 18.2 Å². The molecule has 2 aromatic carbocycles. The van der Waals surface area contributed by atoms with Crippen molar-refractivity contribution in [1.29, 1.82) is 0 Å². The number of hydrogen-bond donors (Lipinski definition) is 1. The fraction of sp³-hybridized carbons (Fsp3) is 0. The number of benzene rings is 2. The van der Waals surface area contributed by atoms with Crippen LogP contribution in [-0.4, -0.2) is 0 Å². The van der Waals surface area contributed by atoms with Gasteiger partial charge < -0.3 is 10.5 Å². The lowest BCUT2D eigenvalue weighted by molar-refractivity contribution is 0.479. The van der Waals surface area contributed by atoms with E-state index in [0.717, 1.165) is 0 Å². The highest BCUT2D eigenvalue weighted by Crippen LogP contribution is 2.32. The average Bonchev–Trinajstić information content (AvgIpc) is 2.25. The van der Waals surface area contributed by atoms with Gasteiger partial charge in [0.15, 0.2) is 0 Å². The van der Waals surface area contributed by atoms with Crippen LogP contribution in [0.3, 0.4) is 0 Å². The Balaban J connectivity index is 2.31. The van der Waals surface area contributed by atoms with Gasteiger partial charge in [-0.1, -0.05) is 12.1 Å². The second kappa shape index (κ2) is 4.53. The number of anilines is 1. The van der Waals surface area contributed by atoms with Crippen molar-refractivity contribution in [2.45, 2.75) is 0 Å². The second-order valence-corrected chi connectivity index (χ2v) is 4.07. The van der Waals surface area contributed by atoms with E-state index in [1.807, 2.05) is 12.1 Å². The molecule has 4 heteroatoms. The summed E-state index contributed by atoms with van der Waals surface area (Å²) in [6, 6.07) is 11.4. The topological polar surface area (TPSA) is 35.2 Å². The molecule has 2 nitrogen and oxygen atoms in total. The van der Waals surface area contributed by atoms with Crippen molar-refractivity contribution in [3.63, 3.8) is 0 Å². The molecule has 16 heavy (non-hydrogen) atoms. The van der Waals surface area contributed by atoms with Crippen molar-refractivity contribution < 1.29 is 9.13 Å². The third-order valence-electron chi connectivity index (χ3n) is 2.03. The molecule has 0 saturated carbocycles. The zero-order valence-electron chi connectivity index (χ0n) is 8.28. The van der Waals surface area contributed by atoms with E-state index in [2.05, 4.69) is 15.9 Å². The lowest BCUT2D eigenvalue weighted by atomic mass is 10.3. The molecule has 0 atom stereocenters. The SMILES string of the molecule is Nc1ccccc1Oc1ccc(F)cc1Br. The van der Waals surface area contributed by atoms with Crippen LogP contribution < -0.4 is 10.5 Å². The maximum atomic E-state index is 12.9. The number of nitrogen functional groups attached to an aromatic ring is 1. The fourth-order valence-electron chi connectivity index (χ4n) is 1.25. The van der Waals surface area contributed by atoms with E-state index >= 15 is 0 Å². The third-order valence-corrected chi connectivity index (χ3v) is 2.65. The van der Waals surface area contributed by atoms with Crippen LogP contribution in [0.5, 0.6) is 11.5 Å². The summed E-state index contributed by atoms with van der Waals surface area (Å²) >= 11 is 3.22. The third kappa shape index (κ3) is 2.33. The van der Waals surface area contributed by atoms with Crippen molar-refractivity contribution >= 4 is 21.6 Å². The highest BCUT2D eigenvalue weighted by atomic mass is 79.9. The molecule has 2 N–H and O–H groups in total. The van der Waals surface area contributed by atoms with Crippen LogP contribution in [0, 0.1) is 5.82 Å². The first kappa shape index (κ1) is 11.0. The Labute approximate surface area is 101 Å². The molecule has 0 spiro atoms. The van der Waals surface area contributed by atoms with Crippen LogP contribution in [0.2, 0.25) is 0 Å². The molecule has 0 bridgehead atoms. The van der Waals surface area contributed by atoms with Crippen LogP contribution in [0.4, 0.5) is 10.1 Å². The lowest BCUT2D eigenvalue weighted by Crippen LogP contribution is -1.92. The number of hydrogen-bond acceptors (Lipinski definition) is 2. The largest absolute Gasteiger partial charge is 0.454 e. The average molecular weight is 282 g/mol. The van der Waals surface area contributed by atoms with Gasteiger partial charge >= 0.3 is 0 Å². The van der Waals surface area contributed by atoms with Gasteiger partial charge in [-0.15, -0.1) is 0 Å². The summed E-state index contributed by atoms with van der Waals surface area (Å²) in [6.07, 6.45) is 0. The minimum absolute atomic E-state index is 0.319. The van der Waals surface area contributed by atoms with Gasteiger partial charge in [-0.2, -0.15) is 0 Å². The van der Waals surface area contributed by atoms with Gasteiger partial charge in [0.1, 0.15) is 17.3 Å². The van der Waals surface area contributed by atoms with Gasteiger partial charge in [-0.3, -0.25) is 0 Å². The molecule has 2 rings (SSSR count). The quantitative estimate of drug-likeness (QED) is 0.846. The Morgan fingerprint density at radius 3 is 2.50 bits per heavy atom. The maximum Gasteiger partial charge on any atom is 0.150 e. The Bertz CT molecular complexity index is 516. The highest BCUT2D eigenvalue weighted by molar-refractivity contribution is 9.10. The predicted octanol–water partition coefficient (Wildman–Crippen LogP) is 3.96. The van der Waals surface area contributed by atoms with Crippen LogP contribution in [-0.2, 0) is 0 Å². The molecule has 0 amide bonds. The first-order valence-electron chi connectivity index (χ1n) is 4.64. The smallest absolute Gasteiger partial charge is 0.150 e. The van der Waals surface area contributed by atoms with Crippen molar-refractivity contribution in [3.05, 3.63) is 52.8 Å². The maximum absolute atomic E-state index is 12.9. The lowest BCUT2D eigenvalue weighted by Gasteiger charge is -2.09. The summed E-state index contributed by atoms with van der Waals surface area (Å²) in [6.45, 7) is 0. The first-order chi connectivity index (χ1) is 7.66. The number of para-hydroxylation sites is 2. The summed E-state index contributed by atoms with van der Waals surface area (Å²) in [5.74, 6) is 0.759. The van der Waals surface area contributed by atoms with Crippen molar-refractivity contribution in [1.82, 2.24) is 0 Å². The Morgan fingerprint density at radius 2 is 1.81 bits per heavy atom. The molecule has 0 aromatic heterocycles. The first-order valence-corrected chi connectivity index (χ1v) is 5.43. The van der Waals surface area contributed by atoms with E-state index in [-0.39, 0.29) is 5.82 Å². The van der Waals surface area contributed by atoms with E-state index in [9.17, 15) is 4.39 Å². The number of nitrogens with two attached hydrogens (primary N) is 1. The minimum atomic E-state index is -0.319. The number of ether oxygens (including phenoxy) is 1. The number of rotatable bonds is 2. The summed E-state index contributed by atoms with van der Waals surface area (Å²) in [4.78, 5) is 0. The van der Waals surface area contributed by atoms with Gasteiger partial charge in [-0.25, -0.2) is 4.39 Å². The molecular formula is C12H9BrFNO. The van der Waals surface area contributed by atoms with Crippen LogP contribution in [0.15, 0.2) is 46.9 Å². The molecule has 0 radical (unpaired) electrons. The van der Waals surface area contributed by atoms with E-state index in [0.29, 0.717) is 21.7 Å². The summed E-state index contributed by atoms with van der Waals surface area (Å²) in [7, 11) is 0. The Hall–Kier alpha value is -1.55. The molecular weight excluding hydrogens is 273 g/mol. The van der Waals surface area contributed by atoms with Crippen LogP contribution in [0.25, 0.3) is 0 Å². The van der Waals surface area contributed by atoms with Gasteiger partial charge in [0.05, 0.1) is 10.2 Å². The molecule has 0 saturated heterocycles. The Kier molecular flexibility index (Phi) is 3.10. The summed E-state index contributed by atoms with van der Waals surface area (Å²) in [5.41, 5.74) is 6.27. The molecule has 0 aliphatic carbocycles. The zero-order chi connectivity index (χ0) is 11.5. The van der Waals surface area contributed by atoms with Gasteiger partial charge in [0.25, 0.3) is 0 Å². The van der Waals surface area contributed by atoms with Crippen molar-refractivity contribution in [2.24, 2.45) is 0 Å². The highest BCUT2D eigenvalue weighted by Gasteiger charge is 2.05. The number of halogens is 2. The predicted molar refractivity (Wildman–Crippen MR) is 65.0 cm³/mol. The second-order valence-electron chi connectivity index (χ2n) is 3.21. The fourth-order valence-corrected chi connectivity index (χ4v) is 1.68. The normalized spacial score (nSPS) is 10.1.